The molecule has 132 valence electrons. The number of nitrogens with zero attached hydrogens (tertiary/aromatic N) is 2. The second kappa shape index (κ2) is 7.25. The average molecular weight is 354 g/mol. The van der Waals surface area contributed by atoms with E-state index in [1.54, 1.807) is 24.5 Å². The number of benzene rings is 2. The minimum atomic E-state index is -0.219. The van der Waals surface area contributed by atoms with Gasteiger partial charge in [0.1, 0.15) is 5.82 Å². The molecule has 1 amide bonds. The molecule has 4 rings (SSSR count). The molecule has 0 saturated carbocycles. The molecule has 0 aliphatic heterocycles. The van der Waals surface area contributed by atoms with Crippen molar-refractivity contribution in [2.75, 3.05) is 10.6 Å². The molecule has 0 aliphatic carbocycles. The Morgan fingerprint density at radius 1 is 0.852 bits per heavy atom. The zero-order valence-electron chi connectivity index (χ0n) is 14.8. The first-order valence-corrected chi connectivity index (χ1v) is 8.64. The first-order valence-electron chi connectivity index (χ1n) is 8.64. The fraction of sp³-hybridized carbons (Fsp3) is 0.0455. The third-order valence-corrected chi connectivity index (χ3v) is 4.31. The maximum absolute atomic E-state index is 12.6. The van der Waals surface area contributed by atoms with E-state index in [1.165, 1.54) is 0 Å². The lowest BCUT2D eigenvalue weighted by Crippen LogP contribution is -2.13. The van der Waals surface area contributed by atoms with Crippen LogP contribution in [0.15, 0.2) is 79.1 Å². The molecule has 2 N–H and O–H groups in total. The van der Waals surface area contributed by atoms with E-state index >= 15 is 0 Å². The van der Waals surface area contributed by atoms with Crippen LogP contribution >= 0.6 is 0 Å². The van der Waals surface area contributed by atoms with Crippen LogP contribution in [0.4, 0.5) is 17.2 Å². The van der Waals surface area contributed by atoms with Crippen LogP contribution in [0.2, 0.25) is 0 Å². The predicted octanol–water partition coefficient (Wildman–Crippen LogP) is 4.93. The van der Waals surface area contributed by atoms with Gasteiger partial charge in [-0.1, -0.05) is 36.4 Å². The molecule has 4 aromatic rings. The maximum Gasteiger partial charge on any atom is 0.257 e. The van der Waals surface area contributed by atoms with Crippen LogP contribution < -0.4 is 10.6 Å². The molecule has 2 aromatic heterocycles. The highest BCUT2D eigenvalue weighted by Crippen LogP contribution is 2.22. The Hall–Kier alpha value is -3.73. The molecule has 2 aromatic carbocycles. The van der Waals surface area contributed by atoms with Crippen molar-refractivity contribution in [1.82, 2.24) is 9.97 Å². The average Bonchev–Trinajstić information content (AvgIpc) is 2.70. The van der Waals surface area contributed by atoms with Crippen LogP contribution in [0.3, 0.4) is 0 Å². The molecule has 27 heavy (non-hydrogen) atoms. The zero-order chi connectivity index (χ0) is 18.6. The van der Waals surface area contributed by atoms with Crippen molar-refractivity contribution < 1.29 is 4.79 Å². The molecule has 0 aliphatic rings. The largest absolute Gasteiger partial charge is 0.340 e. The number of hydrogen-bond donors (Lipinski definition) is 2. The number of fused-ring (bicyclic) bond motifs is 1. The van der Waals surface area contributed by atoms with Gasteiger partial charge in [0.15, 0.2) is 0 Å². The lowest BCUT2D eigenvalue weighted by Gasteiger charge is -2.10. The topological polar surface area (TPSA) is 66.9 Å². The van der Waals surface area contributed by atoms with Gasteiger partial charge in [0, 0.05) is 23.5 Å². The fourth-order valence-electron chi connectivity index (χ4n) is 2.85. The first kappa shape index (κ1) is 16.7. The van der Waals surface area contributed by atoms with Crippen molar-refractivity contribution in [2.45, 2.75) is 6.92 Å². The summed E-state index contributed by atoms with van der Waals surface area (Å²) in [6.45, 7) is 2.03. The van der Waals surface area contributed by atoms with E-state index in [4.69, 9.17) is 0 Å². The SMILES string of the molecule is Cc1ccccc1Nc1ccc(C(=O)Nc2cccc3cccnc23)cn1. The molecule has 5 heteroatoms. The highest BCUT2D eigenvalue weighted by molar-refractivity contribution is 6.08. The van der Waals surface area contributed by atoms with Gasteiger partial charge in [0.25, 0.3) is 5.91 Å². The Labute approximate surface area is 157 Å². The van der Waals surface area contributed by atoms with Gasteiger partial charge in [0.2, 0.25) is 0 Å². The number of anilines is 3. The van der Waals surface area contributed by atoms with Crippen molar-refractivity contribution in [3.05, 3.63) is 90.3 Å². The Morgan fingerprint density at radius 2 is 1.67 bits per heavy atom. The number of nitrogens with one attached hydrogen (secondary N) is 2. The van der Waals surface area contributed by atoms with Crippen LogP contribution in [-0.2, 0) is 0 Å². The van der Waals surface area contributed by atoms with E-state index in [1.807, 2.05) is 61.5 Å². The number of para-hydroxylation sites is 2. The summed E-state index contributed by atoms with van der Waals surface area (Å²) < 4.78 is 0. The number of rotatable bonds is 4. The van der Waals surface area contributed by atoms with Crippen LogP contribution in [-0.4, -0.2) is 15.9 Å². The smallest absolute Gasteiger partial charge is 0.257 e. The van der Waals surface area contributed by atoms with Gasteiger partial charge in [-0.3, -0.25) is 9.78 Å². The number of aromatic nitrogens is 2. The molecule has 0 saturated heterocycles. The summed E-state index contributed by atoms with van der Waals surface area (Å²) in [5.74, 6) is 0.468. The normalized spacial score (nSPS) is 10.6. The van der Waals surface area contributed by atoms with Crippen molar-refractivity contribution >= 4 is 34.0 Å². The molecule has 0 atom stereocenters. The number of hydrogen-bond acceptors (Lipinski definition) is 4. The summed E-state index contributed by atoms with van der Waals surface area (Å²) in [6, 6.07) is 21.1. The van der Waals surface area contributed by atoms with Crippen LogP contribution in [0.1, 0.15) is 15.9 Å². The fourth-order valence-corrected chi connectivity index (χ4v) is 2.85. The van der Waals surface area contributed by atoms with E-state index in [9.17, 15) is 4.79 Å². The van der Waals surface area contributed by atoms with E-state index in [2.05, 4.69) is 20.6 Å². The van der Waals surface area contributed by atoms with Crippen molar-refractivity contribution in [2.24, 2.45) is 0 Å². The highest BCUT2D eigenvalue weighted by atomic mass is 16.1. The standard InChI is InChI=1S/C22H18N4O/c1-15-6-2-3-9-18(15)25-20-12-11-17(14-24-20)22(27)26-19-10-4-7-16-8-5-13-23-21(16)19/h2-14H,1H3,(H,24,25)(H,26,27). The van der Waals surface area contributed by atoms with Gasteiger partial charge in [-0.25, -0.2) is 4.98 Å². The molecule has 5 nitrogen and oxygen atoms in total. The molecule has 0 bridgehead atoms. The van der Waals surface area contributed by atoms with Gasteiger partial charge in [-0.05, 0) is 42.8 Å². The Balaban J connectivity index is 1.52. The van der Waals surface area contributed by atoms with E-state index in [-0.39, 0.29) is 5.91 Å². The monoisotopic (exact) mass is 354 g/mol. The third kappa shape index (κ3) is 3.62. The quantitative estimate of drug-likeness (QED) is 0.545. The minimum Gasteiger partial charge on any atom is -0.340 e. The summed E-state index contributed by atoms with van der Waals surface area (Å²) >= 11 is 0. The summed E-state index contributed by atoms with van der Waals surface area (Å²) in [7, 11) is 0. The maximum atomic E-state index is 12.6. The van der Waals surface area contributed by atoms with Crippen LogP contribution in [0.5, 0.6) is 0 Å². The van der Waals surface area contributed by atoms with Crippen molar-refractivity contribution in [3.8, 4) is 0 Å². The molecule has 2 heterocycles. The van der Waals surface area contributed by atoms with Gasteiger partial charge in [-0.2, -0.15) is 0 Å². The van der Waals surface area contributed by atoms with Gasteiger partial charge in [-0.15, -0.1) is 0 Å². The molecule has 0 spiro atoms. The second-order valence-corrected chi connectivity index (χ2v) is 6.21. The number of carbonyl (C=O) groups is 1. The van der Waals surface area contributed by atoms with Crippen molar-refractivity contribution in [1.29, 1.82) is 0 Å². The summed E-state index contributed by atoms with van der Waals surface area (Å²) in [5, 5.41) is 7.16. The molecular formula is C22H18N4O. The second-order valence-electron chi connectivity index (χ2n) is 6.21. The van der Waals surface area contributed by atoms with Gasteiger partial charge >= 0.3 is 0 Å². The van der Waals surface area contributed by atoms with E-state index < -0.39 is 0 Å². The third-order valence-electron chi connectivity index (χ3n) is 4.31. The van der Waals surface area contributed by atoms with Gasteiger partial charge in [0.05, 0.1) is 16.8 Å². The van der Waals surface area contributed by atoms with Gasteiger partial charge < -0.3 is 10.6 Å². The summed E-state index contributed by atoms with van der Waals surface area (Å²) in [6.07, 6.45) is 3.28. The van der Waals surface area contributed by atoms with Crippen molar-refractivity contribution in [3.63, 3.8) is 0 Å². The lowest BCUT2D eigenvalue weighted by atomic mass is 10.2. The molecular weight excluding hydrogens is 336 g/mol. The van der Waals surface area contributed by atoms with E-state index in [0.29, 0.717) is 17.1 Å². The summed E-state index contributed by atoms with van der Waals surface area (Å²) in [5.41, 5.74) is 4.05. The lowest BCUT2D eigenvalue weighted by molar-refractivity contribution is 0.102. The Bertz CT molecular complexity index is 1100. The number of pyridine rings is 2. The predicted molar refractivity (Wildman–Crippen MR) is 108 cm³/mol. The Morgan fingerprint density at radius 3 is 2.48 bits per heavy atom. The Kier molecular flexibility index (Phi) is 4.49. The van der Waals surface area contributed by atoms with Crippen LogP contribution in [0.25, 0.3) is 10.9 Å². The summed E-state index contributed by atoms with van der Waals surface area (Å²) in [4.78, 5) is 21.3. The van der Waals surface area contributed by atoms with E-state index in [0.717, 1.165) is 22.2 Å². The van der Waals surface area contributed by atoms with Crippen LogP contribution in [0, 0.1) is 6.92 Å². The molecule has 0 fully saturated rings. The number of amides is 1. The number of aryl methyl sites for hydroxylation is 1. The highest BCUT2D eigenvalue weighted by Gasteiger charge is 2.10. The molecule has 0 radical (unpaired) electrons. The molecule has 0 unspecified atom stereocenters. The number of carbonyl (C=O) groups excluding carboxylic acids is 1. The zero-order valence-corrected chi connectivity index (χ0v) is 14.8. The minimum absolute atomic E-state index is 0.219. The first-order chi connectivity index (χ1) is 13.2.